The minimum Gasteiger partial charge on any atom is -0.484 e. The van der Waals surface area contributed by atoms with Crippen LogP contribution in [-0.4, -0.2) is 73.4 Å². The molecule has 8 nitrogen and oxygen atoms in total. The van der Waals surface area contributed by atoms with Crippen LogP contribution in [0.3, 0.4) is 0 Å². The first kappa shape index (κ1) is 21.1. The average Bonchev–Trinajstić information content (AvgIpc) is 3.57. The minimum absolute atomic E-state index is 0.0311. The Morgan fingerprint density at radius 1 is 1.14 bits per heavy atom. The van der Waals surface area contributed by atoms with Crippen LogP contribution < -0.4 is 15.4 Å². The Balaban J connectivity index is 1.39. The molecular formula is C21H30N4O4. The molecule has 1 aromatic rings. The number of benzene rings is 1. The molecule has 3 rings (SSSR count). The highest BCUT2D eigenvalue weighted by molar-refractivity contribution is 5.94. The van der Waals surface area contributed by atoms with Gasteiger partial charge >= 0.3 is 0 Å². The fourth-order valence-electron chi connectivity index (χ4n) is 3.17. The maximum absolute atomic E-state index is 12.4. The number of nitrogens with one attached hydrogen (secondary N) is 2. The second-order valence-electron chi connectivity index (χ2n) is 7.59. The number of carbonyl (C=O) groups excluding carboxylic acids is 3. The highest BCUT2D eigenvalue weighted by Crippen LogP contribution is 2.30. The zero-order valence-electron chi connectivity index (χ0n) is 17.0. The highest BCUT2D eigenvalue weighted by Gasteiger charge is 2.29. The first-order valence-corrected chi connectivity index (χ1v) is 10.4. The predicted molar refractivity (Wildman–Crippen MR) is 110 cm³/mol. The third-order valence-corrected chi connectivity index (χ3v) is 5.08. The van der Waals surface area contributed by atoms with Crippen LogP contribution in [0.1, 0.15) is 26.2 Å². The van der Waals surface area contributed by atoms with E-state index in [-0.39, 0.29) is 30.2 Å². The Labute approximate surface area is 171 Å². The smallest absolute Gasteiger partial charge is 0.260 e. The largest absolute Gasteiger partial charge is 0.484 e. The van der Waals surface area contributed by atoms with E-state index in [1.54, 1.807) is 23.1 Å². The Hall–Kier alpha value is -2.61. The molecule has 158 valence electrons. The summed E-state index contributed by atoms with van der Waals surface area (Å²) < 4.78 is 5.63. The normalized spacial score (nSPS) is 16.9. The van der Waals surface area contributed by atoms with Gasteiger partial charge in [0.2, 0.25) is 11.8 Å². The van der Waals surface area contributed by atoms with E-state index >= 15 is 0 Å². The maximum Gasteiger partial charge on any atom is 0.260 e. The van der Waals surface area contributed by atoms with Gasteiger partial charge in [0, 0.05) is 50.4 Å². The SMILES string of the molecule is CCCNC(=O)CN1CCN(C(=O)COc2cccc(NC(=O)C3CC3)c2)CC1. The quantitative estimate of drug-likeness (QED) is 0.645. The Morgan fingerprint density at radius 3 is 2.59 bits per heavy atom. The van der Waals surface area contributed by atoms with Gasteiger partial charge in [-0.2, -0.15) is 0 Å². The van der Waals surface area contributed by atoms with Crippen molar-refractivity contribution < 1.29 is 19.1 Å². The molecule has 0 radical (unpaired) electrons. The van der Waals surface area contributed by atoms with Gasteiger partial charge in [0.15, 0.2) is 6.61 Å². The predicted octanol–water partition coefficient (Wildman–Crippen LogP) is 1.08. The molecule has 29 heavy (non-hydrogen) atoms. The zero-order valence-corrected chi connectivity index (χ0v) is 17.0. The van der Waals surface area contributed by atoms with Crippen LogP contribution in [0.25, 0.3) is 0 Å². The van der Waals surface area contributed by atoms with Crippen LogP contribution in [-0.2, 0) is 14.4 Å². The summed E-state index contributed by atoms with van der Waals surface area (Å²) in [7, 11) is 0. The molecule has 0 atom stereocenters. The lowest BCUT2D eigenvalue weighted by atomic mass is 10.3. The summed E-state index contributed by atoms with van der Waals surface area (Å²) in [5.74, 6) is 0.686. The molecule has 3 amide bonds. The summed E-state index contributed by atoms with van der Waals surface area (Å²) in [5, 5.41) is 5.75. The van der Waals surface area contributed by atoms with Gasteiger partial charge < -0.3 is 20.3 Å². The Kier molecular flexibility index (Phi) is 7.46. The molecule has 1 saturated carbocycles. The molecule has 0 aromatic heterocycles. The molecule has 0 bridgehead atoms. The van der Waals surface area contributed by atoms with Crippen molar-refractivity contribution in [2.45, 2.75) is 26.2 Å². The summed E-state index contributed by atoms with van der Waals surface area (Å²) >= 11 is 0. The molecule has 8 heteroatoms. The van der Waals surface area contributed by atoms with Gasteiger partial charge in [-0.3, -0.25) is 19.3 Å². The van der Waals surface area contributed by atoms with Gasteiger partial charge in [0.05, 0.1) is 6.54 Å². The Bertz CT molecular complexity index is 727. The van der Waals surface area contributed by atoms with Crippen molar-refractivity contribution in [3.8, 4) is 5.75 Å². The van der Waals surface area contributed by atoms with Gasteiger partial charge in [-0.25, -0.2) is 0 Å². The lowest BCUT2D eigenvalue weighted by Crippen LogP contribution is -2.52. The summed E-state index contributed by atoms with van der Waals surface area (Å²) in [6.45, 7) is 5.56. The average molecular weight is 402 g/mol. The fourth-order valence-corrected chi connectivity index (χ4v) is 3.17. The third-order valence-electron chi connectivity index (χ3n) is 5.08. The summed E-state index contributed by atoms with van der Waals surface area (Å²) in [5.41, 5.74) is 0.682. The molecule has 2 aliphatic rings. The maximum atomic E-state index is 12.4. The van der Waals surface area contributed by atoms with Crippen LogP contribution in [0.5, 0.6) is 5.75 Å². The number of nitrogens with zero attached hydrogens (tertiary/aromatic N) is 2. The standard InChI is InChI=1S/C21H30N4O4/c1-2-8-22-19(26)14-24-9-11-25(12-10-24)20(27)15-29-18-5-3-4-17(13-18)23-21(28)16-6-7-16/h3-5,13,16H,2,6-12,14-15H2,1H3,(H,22,26)(H,23,28). The van der Waals surface area contributed by atoms with Crippen molar-refractivity contribution in [2.75, 3.05) is 51.2 Å². The number of carbonyl (C=O) groups is 3. The lowest BCUT2D eigenvalue weighted by Gasteiger charge is -2.34. The monoisotopic (exact) mass is 402 g/mol. The summed E-state index contributed by atoms with van der Waals surface area (Å²) in [6.07, 6.45) is 2.82. The molecular weight excluding hydrogens is 372 g/mol. The Morgan fingerprint density at radius 2 is 1.90 bits per heavy atom. The van der Waals surface area contributed by atoms with Gasteiger partial charge in [-0.1, -0.05) is 13.0 Å². The molecule has 0 spiro atoms. The van der Waals surface area contributed by atoms with E-state index in [4.69, 9.17) is 4.74 Å². The highest BCUT2D eigenvalue weighted by atomic mass is 16.5. The first-order chi connectivity index (χ1) is 14.0. The molecule has 2 fully saturated rings. The number of piperazine rings is 1. The molecule has 0 unspecified atom stereocenters. The fraction of sp³-hybridized carbons (Fsp3) is 0.571. The number of hydrogen-bond acceptors (Lipinski definition) is 5. The van der Waals surface area contributed by atoms with E-state index in [2.05, 4.69) is 15.5 Å². The zero-order chi connectivity index (χ0) is 20.6. The van der Waals surface area contributed by atoms with Crippen LogP contribution in [0.2, 0.25) is 0 Å². The van der Waals surface area contributed by atoms with Gasteiger partial charge in [-0.15, -0.1) is 0 Å². The van der Waals surface area contributed by atoms with Crippen LogP contribution >= 0.6 is 0 Å². The molecule has 1 aliphatic carbocycles. The number of anilines is 1. The summed E-state index contributed by atoms with van der Waals surface area (Å²) in [4.78, 5) is 39.9. The van der Waals surface area contributed by atoms with E-state index in [0.717, 1.165) is 19.3 Å². The first-order valence-electron chi connectivity index (χ1n) is 10.4. The van der Waals surface area contributed by atoms with Gasteiger partial charge in [-0.05, 0) is 31.4 Å². The molecule has 1 heterocycles. The number of ether oxygens (including phenoxy) is 1. The van der Waals surface area contributed by atoms with Crippen LogP contribution in [0.4, 0.5) is 5.69 Å². The van der Waals surface area contributed by atoms with Gasteiger partial charge in [0.1, 0.15) is 5.75 Å². The van der Waals surface area contributed by atoms with Crippen molar-refractivity contribution in [3.63, 3.8) is 0 Å². The summed E-state index contributed by atoms with van der Waals surface area (Å²) in [6, 6.07) is 7.11. The number of rotatable bonds is 9. The number of hydrogen-bond donors (Lipinski definition) is 2. The van der Waals surface area contributed by atoms with E-state index in [0.29, 0.717) is 50.7 Å². The molecule has 2 N–H and O–H groups in total. The van der Waals surface area contributed by atoms with Crippen LogP contribution in [0, 0.1) is 5.92 Å². The van der Waals surface area contributed by atoms with Crippen LogP contribution in [0.15, 0.2) is 24.3 Å². The topological polar surface area (TPSA) is 91.0 Å². The molecule has 1 aromatic carbocycles. The lowest BCUT2D eigenvalue weighted by molar-refractivity contribution is -0.135. The minimum atomic E-state index is -0.0764. The second-order valence-corrected chi connectivity index (χ2v) is 7.59. The molecule has 1 aliphatic heterocycles. The van der Waals surface area contributed by atoms with Crippen molar-refractivity contribution in [1.82, 2.24) is 15.1 Å². The van der Waals surface area contributed by atoms with Crippen molar-refractivity contribution in [3.05, 3.63) is 24.3 Å². The van der Waals surface area contributed by atoms with Crippen molar-refractivity contribution >= 4 is 23.4 Å². The van der Waals surface area contributed by atoms with E-state index in [1.165, 1.54) is 0 Å². The van der Waals surface area contributed by atoms with E-state index in [9.17, 15) is 14.4 Å². The van der Waals surface area contributed by atoms with Gasteiger partial charge in [0.25, 0.3) is 5.91 Å². The van der Waals surface area contributed by atoms with Crippen molar-refractivity contribution in [1.29, 1.82) is 0 Å². The van der Waals surface area contributed by atoms with E-state index in [1.807, 2.05) is 13.0 Å². The second kappa shape index (κ2) is 10.2. The number of amides is 3. The third kappa shape index (κ3) is 6.74. The molecule has 1 saturated heterocycles. The van der Waals surface area contributed by atoms with Crippen molar-refractivity contribution in [2.24, 2.45) is 5.92 Å². The van der Waals surface area contributed by atoms with E-state index < -0.39 is 0 Å².